The smallest absolute Gasteiger partial charge is 0.226 e. The Hall–Kier alpha value is -1.96. The van der Waals surface area contributed by atoms with Crippen LogP contribution in [0.4, 0.5) is 5.69 Å². The summed E-state index contributed by atoms with van der Waals surface area (Å²) in [4.78, 5) is 12.3. The minimum absolute atomic E-state index is 0. The van der Waals surface area contributed by atoms with Crippen LogP contribution in [0.2, 0.25) is 0 Å². The van der Waals surface area contributed by atoms with Gasteiger partial charge in [0, 0.05) is 43.2 Å². The summed E-state index contributed by atoms with van der Waals surface area (Å²) >= 11 is 0. The zero-order valence-electron chi connectivity index (χ0n) is 15.3. The highest BCUT2D eigenvalue weighted by Gasteiger charge is 2.18. The van der Waals surface area contributed by atoms with E-state index in [2.05, 4.69) is 25.4 Å². The molecule has 1 fully saturated rings. The number of carbonyl (C=O) groups is 1. The maximum atomic E-state index is 12.3. The van der Waals surface area contributed by atoms with E-state index in [1.165, 1.54) is 12.8 Å². The minimum Gasteiger partial charge on any atom is -0.378 e. The van der Waals surface area contributed by atoms with Gasteiger partial charge >= 0.3 is 0 Å². The van der Waals surface area contributed by atoms with Crippen LogP contribution in [0.15, 0.2) is 24.3 Å². The fourth-order valence-corrected chi connectivity index (χ4v) is 3.62. The lowest BCUT2D eigenvalue weighted by molar-refractivity contribution is -0.117. The SMILES string of the molecule is Cl.O=C(CC1COCCN1)Nc1cccc(-c2nnc3n2CCCCC3)c1. The highest BCUT2D eigenvalue weighted by molar-refractivity contribution is 5.91. The van der Waals surface area contributed by atoms with Crippen LogP contribution in [-0.2, 0) is 22.5 Å². The number of hydrogen-bond donors (Lipinski definition) is 2. The molecule has 0 aliphatic carbocycles. The third kappa shape index (κ3) is 4.86. The molecule has 4 rings (SSSR count). The van der Waals surface area contributed by atoms with E-state index in [1.807, 2.05) is 24.3 Å². The molecule has 2 aliphatic rings. The monoisotopic (exact) mass is 391 g/mol. The third-order valence-corrected chi connectivity index (χ3v) is 4.94. The van der Waals surface area contributed by atoms with Crippen LogP contribution in [-0.4, -0.2) is 46.5 Å². The molecule has 3 heterocycles. The van der Waals surface area contributed by atoms with E-state index in [1.54, 1.807) is 0 Å². The van der Waals surface area contributed by atoms with Crippen molar-refractivity contribution in [3.8, 4) is 11.4 Å². The van der Waals surface area contributed by atoms with Crippen molar-refractivity contribution >= 4 is 24.0 Å². The van der Waals surface area contributed by atoms with Gasteiger partial charge in [-0.1, -0.05) is 18.6 Å². The number of rotatable bonds is 4. The molecule has 2 N–H and O–H groups in total. The molecule has 146 valence electrons. The predicted octanol–water partition coefficient (Wildman–Crippen LogP) is 2.41. The van der Waals surface area contributed by atoms with Crippen LogP contribution in [0.5, 0.6) is 0 Å². The van der Waals surface area contributed by atoms with Gasteiger partial charge in [0.15, 0.2) is 5.82 Å². The summed E-state index contributed by atoms with van der Waals surface area (Å²) in [6.07, 6.45) is 4.96. The van der Waals surface area contributed by atoms with Crippen molar-refractivity contribution in [1.29, 1.82) is 0 Å². The first kappa shape index (κ1) is 19.8. The van der Waals surface area contributed by atoms with Crippen molar-refractivity contribution < 1.29 is 9.53 Å². The van der Waals surface area contributed by atoms with Gasteiger partial charge in [0.2, 0.25) is 5.91 Å². The number of benzene rings is 1. The number of amides is 1. The Morgan fingerprint density at radius 3 is 3.07 bits per heavy atom. The minimum atomic E-state index is -0.00905. The second-order valence-corrected chi connectivity index (χ2v) is 6.96. The Labute approximate surface area is 165 Å². The summed E-state index contributed by atoms with van der Waals surface area (Å²) in [6, 6.07) is 7.94. The van der Waals surface area contributed by atoms with Gasteiger partial charge in [-0.15, -0.1) is 22.6 Å². The lowest BCUT2D eigenvalue weighted by Gasteiger charge is -2.23. The van der Waals surface area contributed by atoms with Crippen LogP contribution in [0.1, 0.15) is 31.5 Å². The van der Waals surface area contributed by atoms with Gasteiger partial charge in [0.05, 0.1) is 13.2 Å². The molecule has 1 aromatic heterocycles. The quantitative estimate of drug-likeness (QED) is 0.836. The molecule has 7 nitrogen and oxygen atoms in total. The zero-order valence-corrected chi connectivity index (χ0v) is 16.1. The number of aryl methyl sites for hydroxylation is 1. The van der Waals surface area contributed by atoms with Gasteiger partial charge in [-0.2, -0.15) is 0 Å². The fourth-order valence-electron chi connectivity index (χ4n) is 3.62. The lowest BCUT2D eigenvalue weighted by Crippen LogP contribution is -2.43. The summed E-state index contributed by atoms with van der Waals surface area (Å²) in [5.74, 6) is 1.95. The maximum absolute atomic E-state index is 12.3. The number of nitrogens with zero attached hydrogens (tertiary/aromatic N) is 3. The zero-order chi connectivity index (χ0) is 17.8. The van der Waals surface area contributed by atoms with Crippen LogP contribution in [0, 0.1) is 0 Å². The average molecular weight is 392 g/mol. The molecule has 27 heavy (non-hydrogen) atoms. The van der Waals surface area contributed by atoms with E-state index in [-0.39, 0.29) is 24.4 Å². The van der Waals surface area contributed by atoms with E-state index in [9.17, 15) is 4.79 Å². The normalized spacial score (nSPS) is 19.5. The summed E-state index contributed by atoms with van der Waals surface area (Å²) < 4.78 is 7.62. The van der Waals surface area contributed by atoms with Crippen molar-refractivity contribution in [3.63, 3.8) is 0 Å². The topological polar surface area (TPSA) is 81.1 Å². The molecule has 0 saturated carbocycles. The number of nitrogens with one attached hydrogen (secondary N) is 2. The standard InChI is InChI=1S/C19H25N5O2.ClH/c25-18(12-16-13-26-10-8-20-16)21-15-6-4-5-14(11-15)19-23-22-17-7-2-1-3-9-24(17)19;/h4-6,11,16,20H,1-3,7-10,12-13H2,(H,21,25);1H. The van der Waals surface area contributed by atoms with E-state index >= 15 is 0 Å². The van der Waals surface area contributed by atoms with E-state index in [4.69, 9.17) is 4.74 Å². The first-order chi connectivity index (χ1) is 12.8. The Kier molecular flexibility index (Phi) is 6.82. The first-order valence-electron chi connectivity index (χ1n) is 9.43. The van der Waals surface area contributed by atoms with Crippen molar-refractivity contribution in [2.75, 3.05) is 25.1 Å². The van der Waals surface area contributed by atoms with Gasteiger partial charge in [-0.25, -0.2) is 0 Å². The predicted molar refractivity (Wildman–Crippen MR) is 106 cm³/mol. The van der Waals surface area contributed by atoms with E-state index < -0.39 is 0 Å². The Balaban J connectivity index is 0.00000210. The number of morpholine rings is 1. The second kappa shape index (κ2) is 9.30. The van der Waals surface area contributed by atoms with Gasteiger partial charge < -0.3 is 19.9 Å². The second-order valence-electron chi connectivity index (χ2n) is 6.96. The van der Waals surface area contributed by atoms with Crippen LogP contribution < -0.4 is 10.6 Å². The number of aromatic nitrogens is 3. The van der Waals surface area contributed by atoms with Gasteiger partial charge in [0.25, 0.3) is 0 Å². The summed E-state index contributed by atoms with van der Waals surface area (Å²) in [6.45, 7) is 3.05. The Morgan fingerprint density at radius 1 is 1.30 bits per heavy atom. The Morgan fingerprint density at radius 2 is 2.22 bits per heavy atom. The number of fused-ring (bicyclic) bond motifs is 1. The molecule has 0 radical (unpaired) electrons. The van der Waals surface area contributed by atoms with Crippen molar-refractivity contribution in [2.24, 2.45) is 0 Å². The van der Waals surface area contributed by atoms with Gasteiger partial charge in [-0.3, -0.25) is 4.79 Å². The first-order valence-corrected chi connectivity index (χ1v) is 9.43. The summed E-state index contributed by atoms with van der Waals surface area (Å²) in [5, 5.41) is 15.1. The molecule has 1 atom stereocenters. The average Bonchev–Trinajstić information content (AvgIpc) is 2.91. The Bertz CT molecular complexity index is 773. The lowest BCUT2D eigenvalue weighted by atomic mass is 10.1. The third-order valence-electron chi connectivity index (χ3n) is 4.94. The maximum Gasteiger partial charge on any atom is 0.226 e. The summed E-state index contributed by atoms with van der Waals surface area (Å²) in [5.41, 5.74) is 1.78. The number of carbonyl (C=O) groups excluding carboxylic acids is 1. The number of halogens is 1. The molecule has 1 amide bonds. The highest BCUT2D eigenvalue weighted by atomic mass is 35.5. The van der Waals surface area contributed by atoms with Crippen LogP contribution >= 0.6 is 12.4 Å². The number of anilines is 1. The number of hydrogen-bond acceptors (Lipinski definition) is 5. The van der Waals surface area contributed by atoms with Crippen molar-refractivity contribution in [1.82, 2.24) is 20.1 Å². The molecule has 0 bridgehead atoms. The van der Waals surface area contributed by atoms with Crippen LogP contribution in [0.25, 0.3) is 11.4 Å². The van der Waals surface area contributed by atoms with E-state index in [0.717, 1.165) is 48.8 Å². The molecule has 8 heteroatoms. The highest BCUT2D eigenvalue weighted by Crippen LogP contribution is 2.25. The van der Waals surface area contributed by atoms with Crippen molar-refractivity contribution in [2.45, 2.75) is 44.7 Å². The molecule has 1 aromatic carbocycles. The molecule has 2 aromatic rings. The van der Waals surface area contributed by atoms with Gasteiger partial charge in [-0.05, 0) is 25.0 Å². The molecular weight excluding hydrogens is 366 g/mol. The molecular formula is C19H26ClN5O2. The molecule has 1 unspecified atom stereocenters. The molecule has 0 spiro atoms. The van der Waals surface area contributed by atoms with E-state index in [0.29, 0.717) is 19.6 Å². The molecule has 2 aliphatic heterocycles. The van der Waals surface area contributed by atoms with Gasteiger partial charge in [0.1, 0.15) is 5.82 Å². The fraction of sp³-hybridized carbons (Fsp3) is 0.526. The number of ether oxygens (including phenoxy) is 1. The van der Waals surface area contributed by atoms with Crippen LogP contribution in [0.3, 0.4) is 0 Å². The largest absolute Gasteiger partial charge is 0.378 e. The molecule has 1 saturated heterocycles. The van der Waals surface area contributed by atoms with Crippen molar-refractivity contribution in [3.05, 3.63) is 30.1 Å². The summed E-state index contributed by atoms with van der Waals surface area (Å²) in [7, 11) is 0.